The number of alkyl halides is 1. The van der Waals surface area contributed by atoms with E-state index in [0.717, 1.165) is 12.3 Å². The van der Waals surface area contributed by atoms with Gasteiger partial charge >= 0.3 is 0 Å². The second kappa shape index (κ2) is 3.78. The molecule has 5 heteroatoms. The summed E-state index contributed by atoms with van der Waals surface area (Å²) in [6, 6.07) is 3.06. The second-order valence-electron chi connectivity index (χ2n) is 3.05. The first kappa shape index (κ1) is 9.79. The second-order valence-corrected chi connectivity index (χ2v) is 3.05. The molecule has 15 heavy (non-hydrogen) atoms. The molecule has 0 saturated heterocycles. The van der Waals surface area contributed by atoms with Crippen molar-refractivity contribution in [3.05, 3.63) is 36.8 Å². The largest absolute Gasteiger partial charge is 0.455 e. The maximum absolute atomic E-state index is 13.3. The van der Waals surface area contributed by atoms with E-state index < -0.39 is 12.0 Å². The van der Waals surface area contributed by atoms with Crippen LogP contribution in [0.4, 0.5) is 4.39 Å². The lowest BCUT2D eigenvalue weighted by Crippen LogP contribution is -2.45. The fraction of sp³-hybridized carbons (Fsp3) is 0.200. The quantitative estimate of drug-likeness (QED) is 0.740. The smallest absolute Gasteiger partial charge is 0.266 e. The molecule has 2 unspecified atom stereocenters. The minimum absolute atomic E-state index is 0.343. The number of hydrogen-bond donors (Lipinski definition) is 1. The van der Waals surface area contributed by atoms with Crippen LogP contribution in [0.5, 0.6) is 5.75 Å². The lowest BCUT2D eigenvalue weighted by molar-refractivity contribution is -0.125. The minimum atomic E-state index is -1.98. The van der Waals surface area contributed by atoms with Gasteiger partial charge in [-0.3, -0.25) is 9.98 Å². The Kier molecular flexibility index (Phi) is 2.47. The first-order chi connectivity index (χ1) is 7.21. The third-order valence-electron chi connectivity index (χ3n) is 1.94. The van der Waals surface area contributed by atoms with Crippen LogP contribution in [-0.4, -0.2) is 28.3 Å². The van der Waals surface area contributed by atoms with Gasteiger partial charge in [0.25, 0.3) is 5.79 Å². The molecule has 2 atom stereocenters. The highest BCUT2D eigenvalue weighted by molar-refractivity contribution is 5.67. The van der Waals surface area contributed by atoms with E-state index >= 15 is 0 Å². The van der Waals surface area contributed by atoms with Crippen molar-refractivity contribution >= 4 is 6.21 Å². The normalized spacial score (nSPS) is 29.1. The molecule has 0 radical (unpaired) electrons. The molecule has 1 aliphatic rings. The van der Waals surface area contributed by atoms with Crippen molar-refractivity contribution < 1.29 is 14.2 Å². The number of ether oxygens (including phenoxy) is 1. The van der Waals surface area contributed by atoms with Crippen LogP contribution in [0.1, 0.15) is 0 Å². The number of hydrogen-bond acceptors (Lipinski definition) is 4. The first-order valence-corrected chi connectivity index (χ1v) is 4.37. The summed E-state index contributed by atoms with van der Waals surface area (Å²) in [5.74, 6) is -1.64. The van der Waals surface area contributed by atoms with Crippen molar-refractivity contribution in [2.75, 3.05) is 0 Å². The van der Waals surface area contributed by atoms with Gasteiger partial charge in [0.15, 0.2) is 0 Å². The molecule has 2 rings (SSSR count). The SMILES string of the molecule is OC1(Oc2ccncc2)C=CN=CC1F. The van der Waals surface area contributed by atoms with Gasteiger partial charge < -0.3 is 9.84 Å². The van der Waals surface area contributed by atoms with Crippen LogP contribution in [0.2, 0.25) is 0 Å². The van der Waals surface area contributed by atoms with E-state index in [1.165, 1.54) is 30.7 Å². The Balaban J connectivity index is 2.18. The third kappa shape index (κ3) is 2.02. The summed E-state index contributed by atoms with van der Waals surface area (Å²) in [5, 5.41) is 9.80. The van der Waals surface area contributed by atoms with Crippen LogP contribution < -0.4 is 4.74 Å². The molecule has 0 aromatic carbocycles. The van der Waals surface area contributed by atoms with Crippen molar-refractivity contribution in [3.8, 4) is 5.75 Å². The molecule has 2 heterocycles. The summed E-state index contributed by atoms with van der Waals surface area (Å²) in [6.45, 7) is 0. The number of rotatable bonds is 2. The standard InChI is InChI=1S/C10H9FN2O2/c11-9-7-13-6-3-10(9,14)15-8-1-4-12-5-2-8/h1-7,9,14H. The Bertz CT molecular complexity index is 394. The maximum Gasteiger partial charge on any atom is 0.266 e. The minimum Gasteiger partial charge on any atom is -0.455 e. The lowest BCUT2D eigenvalue weighted by atomic mass is 10.1. The van der Waals surface area contributed by atoms with E-state index in [9.17, 15) is 9.50 Å². The van der Waals surface area contributed by atoms with Gasteiger partial charge in [-0.2, -0.15) is 0 Å². The number of aromatic nitrogens is 1. The maximum atomic E-state index is 13.3. The summed E-state index contributed by atoms with van der Waals surface area (Å²) < 4.78 is 18.4. The van der Waals surface area contributed by atoms with Crippen LogP contribution in [0.15, 0.2) is 41.8 Å². The van der Waals surface area contributed by atoms with Crippen LogP contribution in [0.25, 0.3) is 0 Å². The monoisotopic (exact) mass is 208 g/mol. The van der Waals surface area contributed by atoms with Gasteiger partial charge in [0.05, 0.1) is 0 Å². The molecule has 0 saturated carbocycles. The molecule has 78 valence electrons. The van der Waals surface area contributed by atoms with E-state index in [4.69, 9.17) is 4.74 Å². The summed E-state index contributed by atoms with van der Waals surface area (Å²) in [6.07, 6.45) is 4.74. The van der Waals surface area contributed by atoms with Crippen molar-refractivity contribution in [1.29, 1.82) is 0 Å². The summed E-state index contributed by atoms with van der Waals surface area (Å²) in [7, 11) is 0. The first-order valence-electron chi connectivity index (χ1n) is 4.37. The van der Waals surface area contributed by atoms with Crippen molar-refractivity contribution in [2.24, 2.45) is 4.99 Å². The van der Waals surface area contributed by atoms with Crippen LogP contribution >= 0.6 is 0 Å². The highest BCUT2D eigenvalue weighted by Crippen LogP contribution is 2.23. The van der Waals surface area contributed by atoms with E-state index in [1.807, 2.05) is 0 Å². The van der Waals surface area contributed by atoms with Crippen LogP contribution in [0.3, 0.4) is 0 Å². The highest BCUT2D eigenvalue weighted by Gasteiger charge is 2.37. The average molecular weight is 208 g/mol. The molecule has 1 aromatic heterocycles. The molecular formula is C10H9FN2O2. The Hall–Kier alpha value is -1.75. The molecule has 0 fully saturated rings. The molecule has 0 amide bonds. The molecule has 1 aliphatic heterocycles. The Morgan fingerprint density at radius 2 is 2.13 bits per heavy atom. The van der Waals surface area contributed by atoms with E-state index in [-0.39, 0.29) is 0 Å². The topological polar surface area (TPSA) is 54.7 Å². The fourth-order valence-electron chi connectivity index (χ4n) is 1.16. The zero-order chi connectivity index (χ0) is 10.7. The number of aliphatic hydroxyl groups is 1. The number of nitrogens with zero attached hydrogens (tertiary/aromatic N) is 2. The van der Waals surface area contributed by atoms with E-state index in [1.54, 1.807) is 0 Å². The van der Waals surface area contributed by atoms with Crippen LogP contribution in [0, 0.1) is 0 Å². The zero-order valence-corrected chi connectivity index (χ0v) is 7.75. The predicted octanol–water partition coefficient (Wildman–Crippen LogP) is 1.09. The summed E-state index contributed by atoms with van der Waals surface area (Å²) in [5.41, 5.74) is 0. The van der Waals surface area contributed by atoms with Gasteiger partial charge in [0, 0.05) is 30.9 Å². The molecule has 0 bridgehead atoms. The predicted molar refractivity (Wildman–Crippen MR) is 52.3 cm³/mol. The number of pyridine rings is 1. The van der Waals surface area contributed by atoms with E-state index in [0.29, 0.717) is 5.75 Å². The molecular weight excluding hydrogens is 199 g/mol. The van der Waals surface area contributed by atoms with Crippen molar-refractivity contribution in [3.63, 3.8) is 0 Å². The average Bonchev–Trinajstić information content (AvgIpc) is 2.24. The number of halogens is 1. The molecule has 1 N–H and O–H groups in total. The Morgan fingerprint density at radius 3 is 2.80 bits per heavy atom. The van der Waals surface area contributed by atoms with Gasteiger partial charge in [0.2, 0.25) is 6.17 Å². The van der Waals surface area contributed by atoms with Gasteiger partial charge in [-0.15, -0.1) is 0 Å². The lowest BCUT2D eigenvalue weighted by Gasteiger charge is -2.28. The Morgan fingerprint density at radius 1 is 1.40 bits per heavy atom. The fourth-order valence-corrected chi connectivity index (χ4v) is 1.16. The summed E-state index contributed by atoms with van der Waals surface area (Å²) in [4.78, 5) is 7.34. The highest BCUT2D eigenvalue weighted by atomic mass is 19.1. The van der Waals surface area contributed by atoms with Crippen LogP contribution in [-0.2, 0) is 0 Å². The zero-order valence-electron chi connectivity index (χ0n) is 7.75. The van der Waals surface area contributed by atoms with Crippen molar-refractivity contribution in [2.45, 2.75) is 12.0 Å². The third-order valence-corrected chi connectivity index (χ3v) is 1.94. The van der Waals surface area contributed by atoms with Gasteiger partial charge in [-0.1, -0.05) is 0 Å². The van der Waals surface area contributed by atoms with E-state index in [2.05, 4.69) is 9.98 Å². The van der Waals surface area contributed by atoms with Gasteiger partial charge in [-0.05, 0) is 12.1 Å². The molecule has 4 nitrogen and oxygen atoms in total. The Labute approximate surface area is 85.7 Å². The molecule has 0 aliphatic carbocycles. The molecule has 0 spiro atoms. The number of aliphatic imine (C=N–C) groups is 1. The van der Waals surface area contributed by atoms with Crippen molar-refractivity contribution in [1.82, 2.24) is 4.98 Å². The van der Waals surface area contributed by atoms with Gasteiger partial charge in [-0.25, -0.2) is 4.39 Å². The van der Waals surface area contributed by atoms with Gasteiger partial charge in [0.1, 0.15) is 5.75 Å². The summed E-state index contributed by atoms with van der Waals surface area (Å²) >= 11 is 0. The molecule has 1 aromatic rings.